The van der Waals surface area contributed by atoms with Crippen LogP contribution in [-0.4, -0.2) is 12.1 Å². The summed E-state index contributed by atoms with van der Waals surface area (Å²) in [4.78, 5) is 10.8. The molecule has 2 atom stereocenters. The van der Waals surface area contributed by atoms with E-state index >= 15 is 0 Å². The molecule has 0 aromatic carbocycles. The maximum absolute atomic E-state index is 10.8. The highest BCUT2D eigenvalue weighted by atomic mass is 16.5. The molecule has 2 nitrogen and oxygen atoms in total. The number of rotatable bonds is 1. The van der Waals surface area contributed by atoms with E-state index in [1.807, 2.05) is 6.92 Å². The second-order valence-electron chi connectivity index (χ2n) is 3.84. The number of carbonyl (C=O) groups excluding carboxylic acids is 1. The first-order chi connectivity index (χ1) is 6.13. The third-order valence-corrected chi connectivity index (χ3v) is 2.63. The summed E-state index contributed by atoms with van der Waals surface area (Å²) in [5.41, 5.74) is 1.29. The van der Waals surface area contributed by atoms with Gasteiger partial charge in [0.15, 0.2) is 0 Å². The molecule has 1 fully saturated rings. The Kier molecular flexibility index (Phi) is 3.52. The molecule has 0 spiro atoms. The van der Waals surface area contributed by atoms with Crippen molar-refractivity contribution < 1.29 is 9.53 Å². The van der Waals surface area contributed by atoms with Gasteiger partial charge < -0.3 is 4.74 Å². The maximum atomic E-state index is 10.8. The van der Waals surface area contributed by atoms with Crippen LogP contribution in [0, 0.1) is 5.92 Å². The van der Waals surface area contributed by atoms with Crippen molar-refractivity contribution in [1.82, 2.24) is 0 Å². The Hall–Kier alpha value is -0.790. The van der Waals surface area contributed by atoms with E-state index in [1.165, 1.54) is 18.9 Å². The fourth-order valence-electron chi connectivity index (χ4n) is 1.86. The molecule has 0 unspecified atom stereocenters. The number of carbonyl (C=O) groups is 1. The highest BCUT2D eigenvalue weighted by Crippen LogP contribution is 2.30. The monoisotopic (exact) mass is 182 g/mol. The largest absolute Gasteiger partial charge is 0.458 e. The highest BCUT2D eigenvalue weighted by Gasteiger charge is 2.24. The first kappa shape index (κ1) is 10.3. The average molecular weight is 182 g/mol. The molecule has 2 heteroatoms. The third-order valence-electron chi connectivity index (χ3n) is 2.63. The zero-order valence-electron chi connectivity index (χ0n) is 8.67. The summed E-state index contributed by atoms with van der Waals surface area (Å²) in [5, 5.41) is 0. The van der Waals surface area contributed by atoms with Gasteiger partial charge in [-0.05, 0) is 37.7 Å². The van der Waals surface area contributed by atoms with E-state index in [0.717, 1.165) is 12.8 Å². The van der Waals surface area contributed by atoms with Gasteiger partial charge in [0, 0.05) is 6.92 Å². The molecule has 74 valence electrons. The molecule has 0 radical (unpaired) electrons. The van der Waals surface area contributed by atoms with Crippen LogP contribution in [0.5, 0.6) is 0 Å². The Morgan fingerprint density at radius 3 is 2.85 bits per heavy atom. The summed E-state index contributed by atoms with van der Waals surface area (Å²) in [5.74, 6) is 0.506. The Morgan fingerprint density at radius 2 is 2.31 bits per heavy atom. The predicted octanol–water partition coefficient (Wildman–Crippen LogP) is 2.68. The molecule has 13 heavy (non-hydrogen) atoms. The second kappa shape index (κ2) is 4.45. The second-order valence-corrected chi connectivity index (χ2v) is 3.84. The fraction of sp³-hybridized carbons (Fsp3) is 0.727. The zero-order chi connectivity index (χ0) is 9.84. The van der Waals surface area contributed by atoms with Gasteiger partial charge in [-0.3, -0.25) is 4.79 Å². The molecule has 1 aliphatic carbocycles. The lowest BCUT2D eigenvalue weighted by Crippen LogP contribution is -2.25. The summed E-state index contributed by atoms with van der Waals surface area (Å²) in [6, 6.07) is 0. The van der Waals surface area contributed by atoms with E-state index in [-0.39, 0.29) is 12.1 Å². The summed E-state index contributed by atoms with van der Waals surface area (Å²) >= 11 is 0. The van der Waals surface area contributed by atoms with Gasteiger partial charge in [-0.1, -0.05) is 13.0 Å². The first-order valence-electron chi connectivity index (χ1n) is 4.95. The number of ether oxygens (including phenoxy) is 1. The van der Waals surface area contributed by atoms with Crippen LogP contribution in [0.3, 0.4) is 0 Å². The minimum Gasteiger partial charge on any atom is -0.458 e. The first-order valence-corrected chi connectivity index (χ1v) is 4.95. The van der Waals surface area contributed by atoms with Gasteiger partial charge >= 0.3 is 5.97 Å². The van der Waals surface area contributed by atoms with Crippen LogP contribution >= 0.6 is 0 Å². The predicted molar refractivity (Wildman–Crippen MR) is 52.3 cm³/mol. The maximum Gasteiger partial charge on any atom is 0.303 e. The molecule has 0 N–H and O–H groups in total. The molecule has 0 aromatic heterocycles. The van der Waals surface area contributed by atoms with Crippen molar-refractivity contribution in [3.8, 4) is 0 Å². The number of hydrogen-bond acceptors (Lipinski definition) is 2. The van der Waals surface area contributed by atoms with Gasteiger partial charge in [0.05, 0.1) is 0 Å². The molecular weight excluding hydrogens is 164 g/mol. The Balaban J connectivity index is 2.60. The molecule has 1 rings (SSSR count). The molecular formula is C11H18O2. The fourth-order valence-corrected chi connectivity index (χ4v) is 1.86. The van der Waals surface area contributed by atoms with Crippen molar-refractivity contribution in [2.24, 2.45) is 5.92 Å². The van der Waals surface area contributed by atoms with E-state index in [0.29, 0.717) is 5.92 Å². The van der Waals surface area contributed by atoms with Crippen LogP contribution in [-0.2, 0) is 9.53 Å². The quantitative estimate of drug-likeness (QED) is 0.460. The van der Waals surface area contributed by atoms with E-state index in [2.05, 4.69) is 13.0 Å². The Labute approximate surface area is 80.0 Å². The van der Waals surface area contributed by atoms with Crippen molar-refractivity contribution in [3.05, 3.63) is 11.6 Å². The van der Waals surface area contributed by atoms with E-state index in [9.17, 15) is 4.79 Å². The summed E-state index contributed by atoms with van der Waals surface area (Å²) in [6.45, 7) is 5.71. The molecule has 0 bridgehead atoms. The van der Waals surface area contributed by atoms with E-state index < -0.39 is 0 Å². The zero-order valence-corrected chi connectivity index (χ0v) is 8.67. The van der Waals surface area contributed by atoms with Crippen molar-refractivity contribution in [3.63, 3.8) is 0 Å². The Bertz CT molecular complexity index is 218. The normalized spacial score (nSPS) is 31.8. The number of allylic oxidation sites excluding steroid dienone is 1. The topological polar surface area (TPSA) is 26.3 Å². The standard InChI is InChI=1S/C11H18O2/c1-4-10-6-5-8(2)7-11(10)13-9(3)12/h4,8,11H,5-7H2,1-3H3/b10-4+/t8-,11+/m0/s1. The van der Waals surface area contributed by atoms with Gasteiger partial charge in [-0.2, -0.15) is 0 Å². The van der Waals surface area contributed by atoms with Gasteiger partial charge in [-0.25, -0.2) is 0 Å². The van der Waals surface area contributed by atoms with Crippen LogP contribution in [0.2, 0.25) is 0 Å². The smallest absolute Gasteiger partial charge is 0.303 e. The number of esters is 1. The summed E-state index contributed by atoms with van der Waals surface area (Å²) < 4.78 is 5.26. The lowest BCUT2D eigenvalue weighted by atomic mass is 9.84. The van der Waals surface area contributed by atoms with Crippen LogP contribution in [0.4, 0.5) is 0 Å². The number of hydrogen-bond donors (Lipinski definition) is 0. The minimum absolute atomic E-state index is 0.0475. The molecule has 1 aliphatic rings. The molecule has 0 saturated heterocycles. The van der Waals surface area contributed by atoms with Crippen LogP contribution in [0.25, 0.3) is 0 Å². The van der Waals surface area contributed by atoms with Crippen LogP contribution in [0.1, 0.15) is 40.0 Å². The molecule has 0 heterocycles. The molecule has 0 amide bonds. The lowest BCUT2D eigenvalue weighted by Gasteiger charge is -2.28. The molecule has 0 aromatic rings. The van der Waals surface area contributed by atoms with E-state index in [4.69, 9.17) is 4.74 Å². The van der Waals surface area contributed by atoms with Crippen LogP contribution in [0.15, 0.2) is 11.6 Å². The van der Waals surface area contributed by atoms with Crippen molar-refractivity contribution in [2.75, 3.05) is 0 Å². The van der Waals surface area contributed by atoms with Gasteiger partial charge in [0.25, 0.3) is 0 Å². The van der Waals surface area contributed by atoms with Gasteiger partial charge in [-0.15, -0.1) is 0 Å². The molecule has 0 aliphatic heterocycles. The van der Waals surface area contributed by atoms with E-state index in [1.54, 1.807) is 0 Å². The van der Waals surface area contributed by atoms with Crippen molar-refractivity contribution >= 4 is 5.97 Å². The van der Waals surface area contributed by atoms with Gasteiger partial charge in [0.1, 0.15) is 6.10 Å². The Morgan fingerprint density at radius 1 is 1.62 bits per heavy atom. The molecule has 1 saturated carbocycles. The van der Waals surface area contributed by atoms with Crippen LogP contribution < -0.4 is 0 Å². The summed E-state index contributed by atoms with van der Waals surface area (Å²) in [6.07, 6.45) is 5.41. The third kappa shape index (κ3) is 2.87. The minimum atomic E-state index is -0.168. The summed E-state index contributed by atoms with van der Waals surface area (Å²) in [7, 11) is 0. The SMILES string of the molecule is C/C=C1\CC[C@H](C)C[C@H]1OC(C)=O. The van der Waals surface area contributed by atoms with Crippen molar-refractivity contribution in [2.45, 2.75) is 46.1 Å². The lowest BCUT2D eigenvalue weighted by molar-refractivity contribution is -0.145. The van der Waals surface area contributed by atoms with Crippen molar-refractivity contribution in [1.29, 1.82) is 0 Å². The van der Waals surface area contributed by atoms with Gasteiger partial charge in [0.2, 0.25) is 0 Å². The highest BCUT2D eigenvalue weighted by molar-refractivity contribution is 5.66. The average Bonchev–Trinajstić information content (AvgIpc) is 2.03.